The van der Waals surface area contributed by atoms with Gasteiger partial charge >= 0.3 is 0 Å². The summed E-state index contributed by atoms with van der Waals surface area (Å²) in [6.07, 6.45) is 0. The van der Waals surface area contributed by atoms with Gasteiger partial charge in [-0.2, -0.15) is 0 Å². The van der Waals surface area contributed by atoms with Crippen molar-refractivity contribution in [3.8, 4) is 0 Å². The zero-order valence-corrected chi connectivity index (χ0v) is 11.7. The monoisotopic (exact) mass is 286 g/mol. The molecular formula is C13H16BrCl. The molecule has 0 amide bonds. The first-order valence-electron chi connectivity index (χ1n) is 5.30. The van der Waals surface area contributed by atoms with Gasteiger partial charge in [-0.1, -0.05) is 47.4 Å². The summed E-state index contributed by atoms with van der Waals surface area (Å²) in [4.78, 5) is 0. The number of halogens is 2. The molecule has 2 heteroatoms. The molecule has 15 heavy (non-hydrogen) atoms. The highest BCUT2D eigenvalue weighted by molar-refractivity contribution is 9.09. The van der Waals surface area contributed by atoms with E-state index in [4.69, 9.17) is 11.6 Å². The lowest BCUT2D eigenvalue weighted by atomic mass is 10.0. The fourth-order valence-corrected chi connectivity index (χ4v) is 4.14. The maximum Gasteiger partial charge on any atom is 0.0411 e. The lowest BCUT2D eigenvalue weighted by Gasteiger charge is -2.05. The van der Waals surface area contributed by atoms with Crippen LogP contribution in [0, 0.1) is 18.3 Å². The van der Waals surface area contributed by atoms with Crippen molar-refractivity contribution in [2.75, 3.05) is 5.33 Å². The van der Waals surface area contributed by atoms with E-state index in [-0.39, 0.29) is 0 Å². The van der Waals surface area contributed by atoms with Gasteiger partial charge in [0.25, 0.3) is 0 Å². The zero-order chi connectivity index (χ0) is 11.2. The van der Waals surface area contributed by atoms with Crippen molar-refractivity contribution >= 4 is 27.5 Å². The molecule has 1 aliphatic rings. The minimum absolute atomic E-state index is 0.417. The number of aryl methyl sites for hydroxylation is 1. The summed E-state index contributed by atoms with van der Waals surface area (Å²) in [7, 11) is 0. The maximum absolute atomic E-state index is 6.09. The molecular weight excluding hydrogens is 272 g/mol. The van der Waals surface area contributed by atoms with E-state index in [1.54, 1.807) is 0 Å². The molecule has 1 aromatic rings. The molecule has 0 heterocycles. The number of rotatable bonds is 2. The Labute approximate surface area is 105 Å². The summed E-state index contributed by atoms with van der Waals surface area (Å²) in [5.74, 6) is 1.41. The zero-order valence-electron chi connectivity index (χ0n) is 9.35. The summed E-state index contributed by atoms with van der Waals surface area (Å²) in [6, 6.07) is 6.40. The summed E-state index contributed by atoms with van der Waals surface area (Å²) in [5.41, 5.74) is 3.07. The van der Waals surface area contributed by atoms with Crippen LogP contribution < -0.4 is 0 Å². The van der Waals surface area contributed by atoms with E-state index in [1.807, 2.05) is 6.07 Å². The number of hydrogen-bond acceptors (Lipinski definition) is 0. The first-order chi connectivity index (χ1) is 6.96. The molecule has 1 aliphatic carbocycles. The molecule has 0 aromatic heterocycles. The highest BCUT2D eigenvalue weighted by Crippen LogP contribution is 2.65. The third-order valence-corrected chi connectivity index (χ3v) is 4.56. The van der Waals surface area contributed by atoms with Crippen molar-refractivity contribution in [1.82, 2.24) is 0 Å². The Balaban J connectivity index is 2.32. The largest absolute Gasteiger partial charge is 0.0925 e. The molecule has 2 atom stereocenters. The van der Waals surface area contributed by atoms with E-state index in [2.05, 4.69) is 48.8 Å². The summed E-state index contributed by atoms with van der Waals surface area (Å²) in [6.45, 7) is 6.77. The summed E-state index contributed by atoms with van der Waals surface area (Å²) < 4.78 is 0. The first kappa shape index (κ1) is 11.5. The van der Waals surface area contributed by atoms with Crippen LogP contribution in [-0.2, 0) is 0 Å². The number of alkyl halides is 1. The Bertz CT molecular complexity index is 364. The molecule has 1 fully saturated rings. The fourth-order valence-electron chi connectivity index (χ4n) is 2.64. The van der Waals surface area contributed by atoms with Crippen molar-refractivity contribution in [2.24, 2.45) is 11.3 Å². The van der Waals surface area contributed by atoms with Crippen LogP contribution >= 0.6 is 27.5 Å². The Morgan fingerprint density at radius 3 is 2.47 bits per heavy atom. The average Bonchev–Trinajstić information content (AvgIpc) is 2.66. The van der Waals surface area contributed by atoms with Crippen LogP contribution in [0.25, 0.3) is 0 Å². The van der Waals surface area contributed by atoms with E-state index in [9.17, 15) is 0 Å². The molecule has 0 N–H and O–H groups in total. The molecule has 2 unspecified atom stereocenters. The van der Waals surface area contributed by atoms with Crippen LogP contribution in [0.2, 0.25) is 5.02 Å². The average molecular weight is 288 g/mol. The molecule has 1 saturated carbocycles. The van der Waals surface area contributed by atoms with Crippen molar-refractivity contribution in [1.29, 1.82) is 0 Å². The summed E-state index contributed by atoms with van der Waals surface area (Å²) in [5, 5.41) is 1.94. The van der Waals surface area contributed by atoms with Crippen LogP contribution in [0.1, 0.15) is 30.9 Å². The van der Waals surface area contributed by atoms with E-state index >= 15 is 0 Å². The van der Waals surface area contributed by atoms with Crippen molar-refractivity contribution in [2.45, 2.75) is 26.7 Å². The van der Waals surface area contributed by atoms with Crippen molar-refractivity contribution < 1.29 is 0 Å². The quantitative estimate of drug-likeness (QED) is 0.687. The smallest absolute Gasteiger partial charge is 0.0411 e. The Morgan fingerprint density at radius 2 is 2.00 bits per heavy atom. The van der Waals surface area contributed by atoms with Crippen LogP contribution in [0.15, 0.2) is 18.2 Å². The molecule has 0 saturated heterocycles. The minimum Gasteiger partial charge on any atom is -0.0925 e. The van der Waals surface area contributed by atoms with Crippen LogP contribution in [0.3, 0.4) is 0 Å². The second-order valence-corrected chi connectivity index (χ2v) is 6.21. The predicted molar refractivity (Wildman–Crippen MR) is 70.0 cm³/mol. The maximum atomic E-state index is 6.09. The van der Waals surface area contributed by atoms with Gasteiger partial charge in [-0.25, -0.2) is 0 Å². The standard InChI is InChI=1S/C13H16BrCl/c1-8-4-9(6-10(15)5-8)12-11(7-14)13(12,2)3/h4-6,11-12H,7H2,1-3H3. The summed E-state index contributed by atoms with van der Waals surface area (Å²) >= 11 is 9.69. The topological polar surface area (TPSA) is 0 Å². The molecule has 0 bridgehead atoms. The Morgan fingerprint density at radius 1 is 1.33 bits per heavy atom. The SMILES string of the molecule is Cc1cc(Cl)cc(C2C(CBr)C2(C)C)c1. The van der Waals surface area contributed by atoms with Crippen LogP contribution in [-0.4, -0.2) is 5.33 Å². The van der Waals surface area contributed by atoms with Crippen molar-refractivity contribution in [3.05, 3.63) is 34.3 Å². The van der Waals surface area contributed by atoms with Gasteiger partial charge in [-0.15, -0.1) is 0 Å². The van der Waals surface area contributed by atoms with E-state index in [0.717, 1.165) is 16.3 Å². The molecule has 0 nitrogen and oxygen atoms in total. The highest BCUT2D eigenvalue weighted by Gasteiger charge is 2.57. The van der Waals surface area contributed by atoms with Crippen LogP contribution in [0.5, 0.6) is 0 Å². The van der Waals surface area contributed by atoms with Gasteiger partial charge in [-0.3, -0.25) is 0 Å². The molecule has 1 aromatic carbocycles. The predicted octanol–water partition coefficient (Wildman–Crippen LogP) is 4.78. The van der Waals surface area contributed by atoms with Crippen molar-refractivity contribution in [3.63, 3.8) is 0 Å². The minimum atomic E-state index is 0.417. The lowest BCUT2D eigenvalue weighted by molar-refractivity contribution is 0.579. The van der Waals surface area contributed by atoms with Gasteiger partial charge in [-0.05, 0) is 47.4 Å². The third-order valence-electron chi connectivity index (χ3n) is 3.64. The lowest BCUT2D eigenvalue weighted by Crippen LogP contribution is -1.91. The van der Waals surface area contributed by atoms with E-state index in [1.165, 1.54) is 11.1 Å². The van der Waals surface area contributed by atoms with Gasteiger partial charge in [0, 0.05) is 10.4 Å². The second-order valence-electron chi connectivity index (χ2n) is 5.12. The molecule has 0 aliphatic heterocycles. The second kappa shape index (κ2) is 3.78. The number of benzene rings is 1. The Kier molecular flexibility index (Phi) is 2.89. The van der Waals surface area contributed by atoms with Gasteiger partial charge in [0.1, 0.15) is 0 Å². The number of hydrogen-bond donors (Lipinski definition) is 0. The van der Waals surface area contributed by atoms with E-state index < -0.39 is 0 Å². The Hall–Kier alpha value is -0.0100. The third kappa shape index (κ3) is 1.97. The molecule has 0 spiro atoms. The molecule has 2 rings (SSSR count). The first-order valence-corrected chi connectivity index (χ1v) is 6.80. The fraction of sp³-hybridized carbons (Fsp3) is 0.538. The van der Waals surface area contributed by atoms with E-state index in [0.29, 0.717) is 11.3 Å². The van der Waals surface area contributed by atoms with Crippen LogP contribution in [0.4, 0.5) is 0 Å². The molecule has 82 valence electrons. The van der Waals surface area contributed by atoms with Gasteiger partial charge < -0.3 is 0 Å². The van der Waals surface area contributed by atoms with Gasteiger partial charge in [0.2, 0.25) is 0 Å². The van der Waals surface area contributed by atoms with Gasteiger partial charge in [0.15, 0.2) is 0 Å². The molecule has 0 radical (unpaired) electrons. The normalized spacial score (nSPS) is 27.8. The highest BCUT2D eigenvalue weighted by atomic mass is 79.9. The van der Waals surface area contributed by atoms with Gasteiger partial charge in [0.05, 0.1) is 0 Å².